The summed E-state index contributed by atoms with van der Waals surface area (Å²) in [6, 6.07) is 2.73. The minimum Gasteiger partial charge on any atom is -0.302 e. The van der Waals surface area contributed by atoms with Gasteiger partial charge in [-0.1, -0.05) is 11.6 Å². The van der Waals surface area contributed by atoms with Gasteiger partial charge in [0.25, 0.3) is 5.56 Å². The number of hydrogen-bond donors (Lipinski definition) is 0. The molecule has 1 atom stereocenters. The first-order valence-corrected chi connectivity index (χ1v) is 10.2. The zero-order valence-corrected chi connectivity index (χ0v) is 16.5. The molecule has 2 fully saturated rings. The molecule has 2 aliphatic rings. The third kappa shape index (κ3) is 3.89. The maximum absolute atomic E-state index is 14.4. The van der Waals surface area contributed by atoms with Crippen molar-refractivity contribution in [3.05, 3.63) is 39.2 Å². The molecule has 1 aromatic carbocycles. The number of fused-ring (bicyclic) bond motifs is 1. The molecular formula is C20H26ClFN4O. The van der Waals surface area contributed by atoms with E-state index in [9.17, 15) is 9.18 Å². The monoisotopic (exact) mass is 392 g/mol. The average Bonchev–Trinajstić information content (AvgIpc) is 3.17. The van der Waals surface area contributed by atoms with Gasteiger partial charge < -0.3 is 9.80 Å². The Bertz CT molecular complexity index is 894. The van der Waals surface area contributed by atoms with E-state index in [1.54, 1.807) is 11.6 Å². The second-order valence-corrected chi connectivity index (χ2v) is 8.24. The number of rotatable bonds is 4. The number of benzene rings is 1. The number of likely N-dealkylation sites (tertiary alicyclic amines) is 2. The van der Waals surface area contributed by atoms with Crippen molar-refractivity contribution in [1.82, 2.24) is 19.4 Å². The summed E-state index contributed by atoms with van der Waals surface area (Å²) in [5.41, 5.74) is -0.0997. The van der Waals surface area contributed by atoms with E-state index in [1.165, 1.54) is 38.1 Å². The molecule has 0 spiro atoms. The standard InChI is InChI=1S/C20H26ClFN4O/c1-24-19(23-18-16(20(24)27)11-15(21)12-17(18)22)14-5-4-8-26(13-14)10-9-25-6-2-3-7-25/h11-12,14H,2-10,13H2,1H3/t14-/m1/s1. The van der Waals surface area contributed by atoms with Gasteiger partial charge in [-0.05, 0) is 57.5 Å². The van der Waals surface area contributed by atoms with E-state index >= 15 is 0 Å². The molecular weight excluding hydrogens is 367 g/mol. The zero-order chi connectivity index (χ0) is 19.0. The molecule has 0 unspecified atom stereocenters. The van der Waals surface area contributed by atoms with Gasteiger partial charge in [-0.3, -0.25) is 9.36 Å². The Morgan fingerprint density at radius 3 is 2.63 bits per heavy atom. The van der Waals surface area contributed by atoms with Crippen LogP contribution in [-0.2, 0) is 7.05 Å². The van der Waals surface area contributed by atoms with Crippen molar-refractivity contribution in [2.24, 2.45) is 7.05 Å². The van der Waals surface area contributed by atoms with Crippen LogP contribution in [0.25, 0.3) is 10.9 Å². The van der Waals surface area contributed by atoms with Gasteiger partial charge in [-0.2, -0.15) is 0 Å². The van der Waals surface area contributed by atoms with Gasteiger partial charge >= 0.3 is 0 Å². The van der Waals surface area contributed by atoms with E-state index in [0.29, 0.717) is 5.82 Å². The van der Waals surface area contributed by atoms with E-state index in [4.69, 9.17) is 11.6 Å². The van der Waals surface area contributed by atoms with E-state index in [2.05, 4.69) is 14.8 Å². The normalized spacial score (nSPS) is 22.0. The Kier molecular flexibility index (Phi) is 5.48. The SMILES string of the molecule is Cn1c([C@@H]2CCCN(CCN3CCCC3)C2)nc2c(F)cc(Cl)cc2c1=O. The number of nitrogens with zero attached hydrogens (tertiary/aromatic N) is 4. The van der Waals surface area contributed by atoms with Crippen molar-refractivity contribution in [2.75, 3.05) is 39.3 Å². The van der Waals surface area contributed by atoms with Crippen LogP contribution in [0.3, 0.4) is 0 Å². The van der Waals surface area contributed by atoms with Crippen LogP contribution in [-0.4, -0.2) is 58.6 Å². The van der Waals surface area contributed by atoms with Crippen LogP contribution in [0, 0.1) is 5.82 Å². The second-order valence-electron chi connectivity index (χ2n) is 7.81. The van der Waals surface area contributed by atoms with Gasteiger partial charge in [0.15, 0.2) is 5.82 Å². The summed E-state index contributed by atoms with van der Waals surface area (Å²) in [6.07, 6.45) is 4.66. The van der Waals surface area contributed by atoms with Crippen molar-refractivity contribution < 1.29 is 4.39 Å². The van der Waals surface area contributed by atoms with Crippen molar-refractivity contribution in [3.63, 3.8) is 0 Å². The molecule has 4 rings (SSSR count). The number of hydrogen-bond acceptors (Lipinski definition) is 4. The van der Waals surface area contributed by atoms with Crippen LogP contribution in [0.1, 0.15) is 37.4 Å². The Labute approximate surface area is 163 Å². The molecule has 0 saturated carbocycles. The van der Waals surface area contributed by atoms with Gasteiger partial charge in [0.1, 0.15) is 11.3 Å². The van der Waals surface area contributed by atoms with Gasteiger partial charge in [-0.25, -0.2) is 9.37 Å². The average molecular weight is 393 g/mol. The van der Waals surface area contributed by atoms with Crippen LogP contribution >= 0.6 is 11.6 Å². The Morgan fingerprint density at radius 2 is 1.85 bits per heavy atom. The first-order valence-electron chi connectivity index (χ1n) is 9.83. The van der Waals surface area contributed by atoms with Gasteiger partial charge in [0.2, 0.25) is 0 Å². The predicted octanol–water partition coefficient (Wildman–Crippen LogP) is 3.00. The summed E-state index contributed by atoms with van der Waals surface area (Å²) >= 11 is 5.92. The molecule has 1 aromatic heterocycles. The second kappa shape index (κ2) is 7.86. The minimum absolute atomic E-state index is 0.131. The summed E-state index contributed by atoms with van der Waals surface area (Å²) in [6.45, 7) is 6.51. The lowest BCUT2D eigenvalue weighted by molar-refractivity contribution is 0.177. The summed E-state index contributed by atoms with van der Waals surface area (Å²) < 4.78 is 15.9. The van der Waals surface area contributed by atoms with Crippen LogP contribution in [0.5, 0.6) is 0 Å². The maximum Gasteiger partial charge on any atom is 0.261 e. The fourth-order valence-electron chi connectivity index (χ4n) is 4.44. The van der Waals surface area contributed by atoms with E-state index < -0.39 is 5.82 Å². The number of piperidine rings is 1. The predicted molar refractivity (Wildman–Crippen MR) is 106 cm³/mol. The molecule has 0 amide bonds. The summed E-state index contributed by atoms with van der Waals surface area (Å²) in [7, 11) is 1.73. The Hall–Kier alpha value is -1.50. The lowest BCUT2D eigenvalue weighted by Crippen LogP contribution is -2.41. The lowest BCUT2D eigenvalue weighted by Gasteiger charge is -2.34. The molecule has 146 valence electrons. The smallest absolute Gasteiger partial charge is 0.261 e. The summed E-state index contributed by atoms with van der Waals surface area (Å²) in [5, 5.41) is 0.463. The van der Waals surface area contributed by atoms with Gasteiger partial charge in [-0.15, -0.1) is 0 Å². The highest BCUT2D eigenvalue weighted by molar-refractivity contribution is 6.31. The first kappa shape index (κ1) is 18.8. The highest BCUT2D eigenvalue weighted by atomic mass is 35.5. The fourth-order valence-corrected chi connectivity index (χ4v) is 4.65. The van der Waals surface area contributed by atoms with Crippen LogP contribution < -0.4 is 5.56 Å². The van der Waals surface area contributed by atoms with Crippen LogP contribution in [0.15, 0.2) is 16.9 Å². The fraction of sp³-hybridized carbons (Fsp3) is 0.600. The van der Waals surface area contributed by atoms with Gasteiger partial charge in [0.05, 0.1) is 5.39 Å². The molecule has 5 nitrogen and oxygen atoms in total. The van der Waals surface area contributed by atoms with Crippen molar-refractivity contribution in [3.8, 4) is 0 Å². The minimum atomic E-state index is -0.529. The molecule has 0 N–H and O–H groups in total. The Morgan fingerprint density at radius 1 is 1.15 bits per heavy atom. The largest absolute Gasteiger partial charge is 0.302 e. The molecule has 7 heteroatoms. The third-order valence-electron chi connectivity index (χ3n) is 5.94. The quantitative estimate of drug-likeness (QED) is 0.802. The van der Waals surface area contributed by atoms with E-state index in [1.807, 2.05) is 0 Å². The van der Waals surface area contributed by atoms with Crippen LogP contribution in [0.4, 0.5) is 4.39 Å². The molecule has 27 heavy (non-hydrogen) atoms. The van der Waals surface area contributed by atoms with Gasteiger partial charge in [0, 0.05) is 37.6 Å². The molecule has 0 aliphatic carbocycles. The first-order chi connectivity index (χ1) is 13.0. The number of aromatic nitrogens is 2. The summed E-state index contributed by atoms with van der Waals surface area (Å²) in [4.78, 5) is 22.3. The highest BCUT2D eigenvalue weighted by Gasteiger charge is 2.26. The molecule has 0 radical (unpaired) electrons. The van der Waals surface area contributed by atoms with Crippen molar-refractivity contribution >= 4 is 22.5 Å². The Balaban J connectivity index is 1.57. The lowest BCUT2D eigenvalue weighted by atomic mass is 9.96. The molecule has 2 saturated heterocycles. The maximum atomic E-state index is 14.4. The van der Waals surface area contributed by atoms with E-state index in [-0.39, 0.29) is 27.4 Å². The third-order valence-corrected chi connectivity index (χ3v) is 6.15. The van der Waals surface area contributed by atoms with E-state index in [0.717, 1.165) is 39.0 Å². The van der Waals surface area contributed by atoms with Crippen molar-refractivity contribution in [2.45, 2.75) is 31.6 Å². The van der Waals surface area contributed by atoms with Crippen molar-refractivity contribution in [1.29, 1.82) is 0 Å². The summed E-state index contributed by atoms with van der Waals surface area (Å²) in [5.74, 6) is 0.298. The zero-order valence-electron chi connectivity index (χ0n) is 15.8. The highest BCUT2D eigenvalue weighted by Crippen LogP contribution is 2.27. The molecule has 2 aliphatic heterocycles. The molecule has 0 bridgehead atoms. The molecule has 3 heterocycles. The topological polar surface area (TPSA) is 41.4 Å². The van der Waals surface area contributed by atoms with Crippen LogP contribution in [0.2, 0.25) is 5.02 Å². The molecule has 2 aromatic rings. The number of halogens is 2.